The highest BCUT2D eigenvalue weighted by molar-refractivity contribution is 5.78. The lowest BCUT2D eigenvalue weighted by atomic mass is 10.0. The minimum atomic E-state index is -0.191. The number of rotatable bonds is 6. The SMILES string of the molecule is Cc1ccccc1CC(=O)NCCOc1cccc2c1OC(C)(C)C2. The molecular formula is C21H25NO3. The molecule has 2 aromatic rings. The number of hydrogen-bond acceptors (Lipinski definition) is 3. The predicted octanol–water partition coefficient (Wildman–Crippen LogP) is 3.45. The van der Waals surface area contributed by atoms with E-state index in [4.69, 9.17) is 9.47 Å². The van der Waals surface area contributed by atoms with Crippen molar-refractivity contribution in [3.63, 3.8) is 0 Å². The van der Waals surface area contributed by atoms with E-state index in [1.54, 1.807) is 0 Å². The third-order valence-corrected chi connectivity index (χ3v) is 4.35. The van der Waals surface area contributed by atoms with Crippen LogP contribution in [0.4, 0.5) is 0 Å². The van der Waals surface area contributed by atoms with Gasteiger partial charge in [0.15, 0.2) is 11.5 Å². The summed E-state index contributed by atoms with van der Waals surface area (Å²) < 4.78 is 11.8. The van der Waals surface area contributed by atoms with Gasteiger partial charge in [-0.1, -0.05) is 36.4 Å². The molecule has 1 aliphatic heterocycles. The molecule has 3 rings (SSSR count). The molecule has 0 fully saturated rings. The van der Waals surface area contributed by atoms with Gasteiger partial charge in [-0.15, -0.1) is 0 Å². The van der Waals surface area contributed by atoms with Gasteiger partial charge in [-0.05, 0) is 38.0 Å². The van der Waals surface area contributed by atoms with Crippen LogP contribution in [-0.2, 0) is 17.6 Å². The molecule has 1 heterocycles. The summed E-state index contributed by atoms with van der Waals surface area (Å²) in [6.45, 7) is 7.05. The van der Waals surface area contributed by atoms with Crippen LogP contribution in [0.3, 0.4) is 0 Å². The van der Waals surface area contributed by atoms with Gasteiger partial charge < -0.3 is 14.8 Å². The average Bonchev–Trinajstić information content (AvgIpc) is 2.88. The van der Waals surface area contributed by atoms with Crippen LogP contribution < -0.4 is 14.8 Å². The summed E-state index contributed by atoms with van der Waals surface area (Å²) in [5.74, 6) is 1.59. The summed E-state index contributed by atoms with van der Waals surface area (Å²) in [5.41, 5.74) is 3.17. The van der Waals surface area contributed by atoms with Crippen LogP contribution >= 0.6 is 0 Å². The van der Waals surface area contributed by atoms with Crippen molar-refractivity contribution in [2.75, 3.05) is 13.2 Å². The molecule has 0 saturated carbocycles. The molecule has 0 aliphatic carbocycles. The van der Waals surface area contributed by atoms with Crippen LogP contribution in [0.15, 0.2) is 42.5 Å². The highest BCUT2D eigenvalue weighted by atomic mass is 16.5. The van der Waals surface area contributed by atoms with E-state index < -0.39 is 0 Å². The summed E-state index contributed by atoms with van der Waals surface area (Å²) in [4.78, 5) is 12.1. The van der Waals surface area contributed by atoms with Crippen LogP contribution in [0, 0.1) is 6.92 Å². The maximum atomic E-state index is 12.1. The second kappa shape index (κ2) is 7.18. The van der Waals surface area contributed by atoms with E-state index in [1.165, 1.54) is 5.56 Å². The van der Waals surface area contributed by atoms with Gasteiger partial charge in [0.25, 0.3) is 0 Å². The van der Waals surface area contributed by atoms with Crippen LogP contribution in [-0.4, -0.2) is 24.7 Å². The zero-order valence-corrected chi connectivity index (χ0v) is 15.1. The van der Waals surface area contributed by atoms with E-state index in [2.05, 4.69) is 25.2 Å². The molecule has 1 amide bonds. The molecule has 2 aromatic carbocycles. The van der Waals surface area contributed by atoms with E-state index in [-0.39, 0.29) is 11.5 Å². The number of carbonyl (C=O) groups excluding carboxylic acids is 1. The Hall–Kier alpha value is -2.49. The topological polar surface area (TPSA) is 47.6 Å². The number of para-hydroxylation sites is 1. The minimum Gasteiger partial charge on any atom is -0.488 e. The van der Waals surface area contributed by atoms with Gasteiger partial charge in [0.2, 0.25) is 5.91 Å². The first-order chi connectivity index (χ1) is 11.9. The lowest BCUT2D eigenvalue weighted by molar-refractivity contribution is -0.120. The van der Waals surface area contributed by atoms with Crippen molar-refractivity contribution in [2.45, 2.75) is 39.2 Å². The standard InChI is InChI=1S/C21H25NO3/c1-15-7-4-5-8-16(15)13-19(23)22-11-12-24-18-10-6-9-17-14-21(2,3)25-20(17)18/h4-10H,11-14H2,1-3H3,(H,22,23). The lowest BCUT2D eigenvalue weighted by Gasteiger charge is -2.18. The quantitative estimate of drug-likeness (QED) is 0.820. The van der Waals surface area contributed by atoms with E-state index in [9.17, 15) is 4.79 Å². The summed E-state index contributed by atoms with van der Waals surface area (Å²) in [6.07, 6.45) is 1.28. The van der Waals surface area contributed by atoms with Gasteiger partial charge in [-0.2, -0.15) is 0 Å². The highest BCUT2D eigenvalue weighted by Crippen LogP contribution is 2.41. The van der Waals surface area contributed by atoms with Gasteiger partial charge in [0, 0.05) is 12.0 Å². The van der Waals surface area contributed by atoms with Gasteiger partial charge in [-0.25, -0.2) is 0 Å². The van der Waals surface area contributed by atoms with Crippen LogP contribution in [0.2, 0.25) is 0 Å². The van der Waals surface area contributed by atoms with Crippen molar-refractivity contribution < 1.29 is 14.3 Å². The van der Waals surface area contributed by atoms with Crippen molar-refractivity contribution in [1.82, 2.24) is 5.32 Å². The van der Waals surface area contributed by atoms with Crippen molar-refractivity contribution in [1.29, 1.82) is 0 Å². The monoisotopic (exact) mass is 339 g/mol. The third-order valence-electron chi connectivity index (χ3n) is 4.35. The summed E-state index contributed by atoms with van der Waals surface area (Å²) in [5, 5.41) is 2.91. The summed E-state index contributed by atoms with van der Waals surface area (Å²) in [6, 6.07) is 13.9. The van der Waals surface area contributed by atoms with E-state index in [1.807, 2.05) is 43.3 Å². The Morgan fingerprint density at radius 3 is 2.80 bits per heavy atom. The molecule has 0 atom stereocenters. The van der Waals surface area contributed by atoms with Crippen molar-refractivity contribution in [3.05, 3.63) is 59.2 Å². The molecule has 0 spiro atoms. The average molecular weight is 339 g/mol. The van der Waals surface area contributed by atoms with Crippen LogP contribution in [0.25, 0.3) is 0 Å². The Kier molecular flexibility index (Phi) is 4.98. The second-order valence-corrected chi connectivity index (χ2v) is 7.08. The normalized spacial score (nSPS) is 14.5. The first-order valence-electron chi connectivity index (χ1n) is 8.69. The minimum absolute atomic E-state index is 0.00794. The summed E-state index contributed by atoms with van der Waals surface area (Å²) >= 11 is 0. The second-order valence-electron chi connectivity index (χ2n) is 7.08. The molecule has 0 radical (unpaired) electrons. The van der Waals surface area contributed by atoms with E-state index in [0.29, 0.717) is 19.6 Å². The van der Waals surface area contributed by atoms with Crippen LogP contribution in [0.5, 0.6) is 11.5 Å². The van der Waals surface area contributed by atoms with Gasteiger partial charge >= 0.3 is 0 Å². The molecule has 4 heteroatoms. The maximum Gasteiger partial charge on any atom is 0.224 e. The third kappa shape index (κ3) is 4.32. The Morgan fingerprint density at radius 1 is 1.20 bits per heavy atom. The fraction of sp³-hybridized carbons (Fsp3) is 0.381. The van der Waals surface area contributed by atoms with Crippen molar-refractivity contribution >= 4 is 5.91 Å². The zero-order valence-electron chi connectivity index (χ0n) is 15.1. The predicted molar refractivity (Wildman–Crippen MR) is 98.2 cm³/mol. The smallest absolute Gasteiger partial charge is 0.224 e. The highest BCUT2D eigenvalue weighted by Gasteiger charge is 2.32. The number of benzene rings is 2. The molecular weight excluding hydrogens is 314 g/mol. The number of aryl methyl sites for hydroxylation is 1. The zero-order chi connectivity index (χ0) is 17.9. The number of carbonyl (C=O) groups is 1. The van der Waals surface area contributed by atoms with Crippen LogP contribution in [0.1, 0.15) is 30.5 Å². The molecule has 0 bridgehead atoms. The van der Waals surface area contributed by atoms with Gasteiger partial charge in [-0.3, -0.25) is 4.79 Å². The Bertz CT molecular complexity index is 767. The largest absolute Gasteiger partial charge is 0.488 e. The first-order valence-corrected chi connectivity index (χ1v) is 8.69. The molecule has 25 heavy (non-hydrogen) atoms. The molecule has 1 N–H and O–H groups in total. The maximum absolute atomic E-state index is 12.1. The Morgan fingerprint density at radius 2 is 2.00 bits per heavy atom. The van der Waals surface area contributed by atoms with Crippen molar-refractivity contribution in [3.8, 4) is 11.5 Å². The fourth-order valence-corrected chi connectivity index (χ4v) is 3.10. The first kappa shape index (κ1) is 17.3. The molecule has 132 valence electrons. The molecule has 0 aromatic heterocycles. The van der Waals surface area contributed by atoms with Gasteiger partial charge in [0.05, 0.1) is 13.0 Å². The lowest BCUT2D eigenvalue weighted by Crippen LogP contribution is -2.29. The molecule has 0 unspecified atom stereocenters. The van der Waals surface area contributed by atoms with E-state index >= 15 is 0 Å². The van der Waals surface area contributed by atoms with Crippen molar-refractivity contribution in [2.24, 2.45) is 0 Å². The molecule has 4 nitrogen and oxygen atoms in total. The number of fused-ring (bicyclic) bond motifs is 1. The molecule has 0 saturated heterocycles. The number of amides is 1. The number of nitrogens with one attached hydrogen (secondary N) is 1. The molecule has 1 aliphatic rings. The summed E-state index contributed by atoms with van der Waals surface area (Å²) in [7, 11) is 0. The number of ether oxygens (including phenoxy) is 2. The van der Waals surface area contributed by atoms with E-state index in [0.717, 1.165) is 29.0 Å². The Labute approximate surface area is 149 Å². The van der Waals surface area contributed by atoms with Gasteiger partial charge in [0.1, 0.15) is 12.2 Å². The number of hydrogen-bond donors (Lipinski definition) is 1. The fourth-order valence-electron chi connectivity index (χ4n) is 3.10. The Balaban J connectivity index is 1.48.